The second-order valence-corrected chi connectivity index (χ2v) is 3.80. The summed E-state index contributed by atoms with van der Waals surface area (Å²) in [5, 5.41) is 9.61. The first kappa shape index (κ1) is 11.8. The minimum atomic E-state index is -0.198. The molecule has 1 aromatic carbocycles. The van der Waals surface area contributed by atoms with Gasteiger partial charge in [0.25, 0.3) is 0 Å². The lowest BCUT2D eigenvalue weighted by atomic mass is 10.1. The third kappa shape index (κ3) is 2.54. The summed E-state index contributed by atoms with van der Waals surface area (Å²) in [5.41, 5.74) is 1.44. The van der Waals surface area contributed by atoms with Crippen molar-refractivity contribution >= 4 is 11.6 Å². The Morgan fingerprint density at radius 1 is 1.35 bits per heavy atom. The minimum Gasteiger partial charge on any atom is -0.496 e. The third-order valence-electron chi connectivity index (χ3n) is 2.28. The number of hydrogen-bond donors (Lipinski definition) is 1. The maximum Gasteiger partial charge on any atom is 0.154 e. The lowest BCUT2D eigenvalue weighted by Gasteiger charge is -2.08. The zero-order chi connectivity index (χ0) is 12.3. The van der Waals surface area contributed by atoms with Crippen molar-refractivity contribution in [3.63, 3.8) is 0 Å². The van der Waals surface area contributed by atoms with Gasteiger partial charge in [0.1, 0.15) is 12.4 Å². The summed E-state index contributed by atoms with van der Waals surface area (Å²) in [6.45, 7) is -0.198. The largest absolute Gasteiger partial charge is 0.496 e. The highest BCUT2D eigenvalue weighted by Gasteiger charge is 2.08. The van der Waals surface area contributed by atoms with Crippen LogP contribution < -0.4 is 4.74 Å². The maximum absolute atomic E-state index is 9.01. The zero-order valence-corrected chi connectivity index (χ0v) is 9.98. The van der Waals surface area contributed by atoms with E-state index >= 15 is 0 Å². The molecule has 0 aliphatic carbocycles. The van der Waals surface area contributed by atoms with Crippen molar-refractivity contribution in [2.75, 3.05) is 7.11 Å². The molecule has 0 unspecified atom stereocenters. The molecule has 5 heteroatoms. The average molecular weight is 251 g/mol. The molecule has 4 nitrogen and oxygen atoms in total. The number of benzene rings is 1. The van der Waals surface area contributed by atoms with Gasteiger partial charge in [0.15, 0.2) is 5.82 Å². The van der Waals surface area contributed by atoms with Crippen molar-refractivity contribution in [2.24, 2.45) is 0 Å². The molecule has 0 bridgehead atoms. The van der Waals surface area contributed by atoms with Gasteiger partial charge in [-0.1, -0.05) is 11.6 Å². The summed E-state index contributed by atoms with van der Waals surface area (Å²) in [5.74, 6) is 1.04. The summed E-state index contributed by atoms with van der Waals surface area (Å²) in [7, 11) is 1.58. The molecule has 1 aromatic heterocycles. The molecular formula is C12H11ClN2O2. The van der Waals surface area contributed by atoms with Crippen LogP contribution in [0.15, 0.2) is 30.5 Å². The highest BCUT2D eigenvalue weighted by molar-refractivity contribution is 6.30. The van der Waals surface area contributed by atoms with Crippen molar-refractivity contribution in [2.45, 2.75) is 6.61 Å². The molecule has 0 saturated carbocycles. The predicted octanol–water partition coefficient (Wildman–Crippen LogP) is 2.30. The summed E-state index contributed by atoms with van der Waals surface area (Å²) in [6, 6.07) is 7.04. The van der Waals surface area contributed by atoms with Crippen LogP contribution in [-0.2, 0) is 6.61 Å². The number of methoxy groups -OCH3 is 1. The summed E-state index contributed by atoms with van der Waals surface area (Å²) in [4.78, 5) is 8.14. The second kappa shape index (κ2) is 5.12. The minimum absolute atomic E-state index is 0.198. The van der Waals surface area contributed by atoms with Crippen LogP contribution in [0.5, 0.6) is 5.75 Å². The number of aliphatic hydroxyl groups excluding tert-OH is 1. The first-order chi connectivity index (χ1) is 8.24. The van der Waals surface area contributed by atoms with Gasteiger partial charge in [-0.25, -0.2) is 9.97 Å². The topological polar surface area (TPSA) is 55.2 Å². The van der Waals surface area contributed by atoms with E-state index in [9.17, 15) is 0 Å². The molecule has 0 atom stereocenters. The fourth-order valence-electron chi connectivity index (χ4n) is 1.51. The molecule has 88 valence electrons. The van der Waals surface area contributed by atoms with Crippen LogP contribution >= 0.6 is 11.6 Å². The fourth-order valence-corrected chi connectivity index (χ4v) is 1.68. The number of ether oxygens (including phenoxy) is 1. The SMILES string of the molecule is COc1ccc(Cl)cc1-c1ccnc(CO)n1. The van der Waals surface area contributed by atoms with E-state index in [1.165, 1.54) is 0 Å². The van der Waals surface area contributed by atoms with E-state index in [0.29, 0.717) is 22.3 Å². The van der Waals surface area contributed by atoms with E-state index in [1.807, 2.05) is 0 Å². The number of halogens is 1. The van der Waals surface area contributed by atoms with Gasteiger partial charge in [-0.2, -0.15) is 0 Å². The predicted molar refractivity (Wildman–Crippen MR) is 65.0 cm³/mol. The van der Waals surface area contributed by atoms with Crippen molar-refractivity contribution < 1.29 is 9.84 Å². The first-order valence-corrected chi connectivity index (χ1v) is 5.39. The lowest BCUT2D eigenvalue weighted by Crippen LogP contribution is -1.96. The molecular weight excluding hydrogens is 240 g/mol. The Morgan fingerprint density at radius 2 is 2.18 bits per heavy atom. The standard InChI is InChI=1S/C12H11ClN2O2/c1-17-11-3-2-8(13)6-9(11)10-4-5-14-12(7-16)15-10/h2-6,16H,7H2,1H3. The van der Waals surface area contributed by atoms with Crippen LogP contribution in [0, 0.1) is 0 Å². The van der Waals surface area contributed by atoms with Gasteiger partial charge in [0.05, 0.1) is 12.8 Å². The number of rotatable bonds is 3. The summed E-state index contributed by atoms with van der Waals surface area (Å²) < 4.78 is 5.25. The number of aromatic nitrogens is 2. The Balaban J connectivity index is 2.54. The molecule has 0 saturated heterocycles. The number of hydrogen-bond acceptors (Lipinski definition) is 4. The van der Waals surface area contributed by atoms with Crippen molar-refractivity contribution in [1.29, 1.82) is 0 Å². The maximum atomic E-state index is 9.01. The van der Waals surface area contributed by atoms with E-state index < -0.39 is 0 Å². The van der Waals surface area contributed by atoms with Crippen molar-refractivity contribution in [3.05, 3.63) is 41.3 Å². The van der Waals surface area contributed by atoms with Gasteiger partial charge in [0.2, 0.25) is 0 Å². The van der Waals surface area contributed by atoms with Crippen LogP contribution in [0.3, 0.4) is 0 Å². The van der Waals surface area contributed by atoms with Gasteiger partial charge >= 0.3 is 0 Å². The molecule has 0 spiro atoms. The smallest absolute Gasteiger partial charge is 0.154 e. The molecule has 0 aliphatic rings. The Hall–Kier alpha value is -1.65. The van der Waals surface area contributed by atoms with Crippen LogP contribution in [-0.4, -0.2) is 22.2 Å². The monoisotopic (exact) mass is 250 g/mol. The van der Waals surface area contributed by atoms with Crippen molar-refractivity contribution in [3.8, 4) is 17.0 Å². The van der Waals surface area contributed by atoms with Gasteiger partial charge in [-0.3, -0.25) is 0 Å². The molecule has 2 aromatic rings. The lowest BCUT2D eigenvalue weighted by molar-refractivity contribution is 0.271. The Morgan fingerprint density at radius 3 is 2.88 bits per heavy atom. The molecule has 1 heterocycles. The van der Waals surface area contributed by atoms with Crippen LogP contribution in [0.25, 0.3) is 11.3 Å². The summed E-state index contributed by atoms with van der Waals surface area (Å²) in [6.07, 6.45) is 1.59. The normalized spacial score (nSPS) is 10.3. The van der Waals surface area contributed by atoms with E-state index in [1.54, 1.807) is 37.6 Å². The van der Waals surface area contributed by atoms with E-state index in [4.69, 9.17) is 21.4 Å². The number of aliphatic hydroxyl groups is 1. The molecule has 0 amide bonds. The zero-order valence-electron chi connectivity index (χ0n) is 9.22. The Labute approximate surface area is 104 Å². The average Bonchev–Trinajstić information content (AvgIpc) is 2.39. The van der Waals surface area contributed by atoms with E-state index in [-0.39, 0.29) is 6.61 Å². The van der Waals surface area contributed by atoms with Crippen LogP contribution in [0.2, 0.25) is 5.02 Å². The molecule has 0 radical (unpaired) electrons. The van der Waals surface area contributed by atoms with Gasteiger partial charge in [0, 0.05) is 16.8 Å². The second-order valence-electron chi connectivity index (χ2n) is 3.36. The van der Waals surface area contributed by atoms with Crippen LogP contribution in [0.1, 0.15) is 5.82 Å². The Kier molecular flexibility index (Phi) is 3.56. The van der Waals surface area contributed by atoms with E-state index in [2.05, 4.69) is 9.97 Å². The van der Waals surface area contributed by atoms with Gasteiger partial charge in [-0.15, -0.1) is 0 Å². The highest BCUT2D eigenvalue weighted by Crippen LogP contribution is 2.30. The summed E-state index contributed by atoms with van der Waals surface area (Å²) >= 11 is 5.95. The highest BCUT2D eigenvalue weighted by atomic mass is 35.5. The Bertz CT molecular complexity index is 532. The molecule has 1 N–H and O–H groups in total. The number of nitrogens with zero attached hydrogens (tertiary/aromatic N) is 2. The quantitative estimate of drug-likeness (QED) is 0.908. The van der Waals surface area contributed by atoms with Crippen molar-refractivity contribution in [1.82, 2.24) is 9.97 Å². The molecule has 2 rings (SSSR count). The molecule has 0 aliphatic heterocycles. The fraction of sp³-hybridized carbons (Fsp3) is 0.167. The molecule has 0 fully saturated rings. The first-order valence-electron chi connectivity index (χ1n) is 5.01. The van der Waals surface area contributed by atoms with E-state index in [0.717, 1.165) is 5.56 Å². The molecule has 17 heavy (non-hydrogen) atoms. The third-order valence-corrected chi connectivity index (χ3v) is 2.52. The van der Waals surface area contributed by atoms with Gasteiger partial charge < -0.3 is 9.84 Å². The van der Waals surface area contributed by atoms with Gasteiger partial charge in [-0.05, 0) is 24.3 Å². The van der Waals surface area contributed by atoms with Crippen LogP contribution in [0.4, 0.5) is 0 Å².